The predicted octanol–water partition coefficient (Wildman–Crippen LogP) is 0.178. The first-order valence-corrected chi connectivity index (χ1v) is 2.53. The number of hydrogen-bond donors (Lipinski definition) is 2. The van der Waals surface area contributed by atoms with Crippen molar-refractivity contribution in [3.05, 3.63) is 0 Å². The zero-order valence-electron chi connectivity index (χ0n) is 5.68. The molecule has 0 aliphatic carbocycles. The van der Waals surface area contributed by atoms with Crippen molar-refractivity contribution in [3.63, 3.8) is 0 Å². The molecule has 1 atom stereocenters. The SMILES string of the molecule is CNC(O)C(C)C.[Y]. The van der Waals surface area contributed by atoms with Crippen LogP contribution in [0.2, 0.25) is 0 Å². The number of rotatable bonds is 2. The minimum absolute atomic E-state index is 0. The second-order valence-corrected chi connectivity index (χ2v) is 1.98. The molecule has 0 saturated heterocycles. The number of hydrogen-bond acceptors (Lipinski definition) is 2. The Bertz CT molecular complexity index is 49.7. The van der Waals surface area contributed by atoms with Gasteiger partial charge in [-0.3, -0.25) is 5.32 Å². The van der Waals surface area contributed by atoms with E-state index in [1.165, 1.54) is 0 Å². The summed E-state index contributed by atoms with van der Waals surface area (Å²) in [6.07, 6.45) is -0.347. The molecule has 1 unspecified atom stereocenters. The average molecular weight is 192 g/mol. The third kappa shape index (κ3) is 5.17. The molecule has 0 aliphatic heterocycles. The van der Waals surface area contributed by atoms with Crippen LogP contribution in [-0.4, -0.2) is 18.4 Å². The van der Waals surface area contributed by atoms with Crippen molar-refractivity contribution in [1.29, 1.82) is 0 Å². The van der Waals surface area contributed by atoms with Crippen LogP contribution < -0.4 is 5.32 Å². The Balaban J connectivity index is 0. The van der Waals surface area contributed by atoms with Gasteiger partial charge in [0.2, 0.25) is 0 Å². The maximum Gasteiger partial charge on any atom is 0.106 e. The van der Waals surface area contributed by atoms with E-state index < -0.39 is 0 Å². The molecule has 0 heterocycles. The molecule has 0 bridgehead atoms. The fourth-order valence-electron chi connectivity index (χ4n) is 0.333. The van der Waals surface area contributed by atoms with Crippen molar-refractivity contribution in [2.45, 2.75) is 20.1 Å². The second-order valence-electron chi connectivity index (χ2n) is 1.98. The van der Waals surface area contributed by atoms with Gasteiger partial charge >= 0.3 is 0 Å². The van der Waals surface area contributed by atoms with Crippen LogP contribution in [0.25, 0.3) is 0 Å². The van der Waals surface area contributed by atoms with Crippen molar-refractivity contribution in [3.8, 4) is 0 Å². The van der Waals surface area contributed by atoms with Gasteiger partial charge in [0.1, 0.15) is 6.23 Å². The standard InChI is InChI=1S/C5H13NO.Y/c1-4(2)5(7)6-3;/h4-7H,1-3H3;. The third-order valence-corrected chi connectivity index (χ3v) is 0.927. The van der Waals surface area contributed by atoms with Gasteiger partial charge in [0, 0.05) is 32.7 Å². The van der Waals surface area contributed by atoms with Crippen LogP contribution in [0, 0.1) is 5.92 Å². The maximum absolute atomic E-state index is 8.82. The fraction of sp³-hybridized carbons (Fsp3) is 1.00. The molecule has 0 saturated carbocycles. The predicted molar refractivity (Wildman–Crippen MR) is 29.9 cm³/mol. The summed E-state index contributed by atoms with van der Waals surface area (Å²) in [5.41, 5.74) is 0. The molecule has 0 aliphatic rings. The van der Waals surface area contributed by atoms with Gasteiger partial charge in [-0.25, -0.2) is 0 Å². The van der Waals surface area contributed by atoms with E-state index in [0.29, 0.717) is 5.92 Å². The first kappa shape index (κ1) is 11.8. The largest absolute Gasteiger partial charge is 0.378 e. The van der Waals surface area contributed by atoms with Gasteiger partial charge < -0.3 is 5.11 Å². The quantitative estimate of drug-likeness (QED) is 0.611. The fourth-order valence-corrected chi connectivity index (χ4v) is 0.333. The van der Waals surface area contributed by atoms with Gasteiger partial charge in [-0.15, -0.1) is 0 Å². The molecular weight excluding hydrogens is 179 g/mol. The smallest absolute Gasteiger partial charge is 0.106 e. The van der Waals surface area contributed by atoms with Crippen molar-refractivity contribution in [2.75, 3.05) is 7.05 Å². The molecule has 2 N–H and O–H groups in total. The van der Waals surface area contributed by atoms with E-state index in [4.69, 9.17) is 5.11 Å². The molecule has 2 nitrogen and oxygen atoms in total. The zero-order chi connectivity index (χ0) is 5.86. The molecular formula is C5H13NOY. The van der Waals surface area contributed by atoms with E-state index in [0.717, 1.165) is 0 Å². The van der Waals surface area contributed by atoms with Crippen LogP contribution in [0.15, 0.2) is 0 Å². The summed E-state index contributed by atoms with van der Waals surface area (Å²) >= 11 is 0. The Labute approximate surface area is 75.9 Å². The molecule has 1 radical (unpaired) electrons. The maximum atomic E-state index is 8.82. The molecule has 0 amide bonds. The third-order valence-electron chi connectivity index (χ3n) is 0.927. The van der Waals surface area contributed by atoms with Crippen molar-refractivity contribution in [2.24, 2.45) is 5.92 Å². The zero-order valence-corrected chi connectivity index (χ0v) is 8.52. The van der Waals surface area contributed by atoms with E-state index in [-0.39, 0.29) is 38.9 Å². The van der Waals surface area contributed by atoms with E-state index >= 15 is 0 Å². The molecule has 0 aromatic rings. The number of aliphatic hydroxyl groups is 1. The monoisotopic (exact) mass is 192 g/mol. The Morgan fingerprint density at radius 3 is 1.75 bits per heavy atom. The molecule has 47 valence electrons. The van der Waals surface area contributed by atoms with Crippen LogP contribution >= 0.6 is 0 Å². The number of aliphatic hydroxyl groups excluding tert-OH is 1. The molecule has 8 heavy (non-hydrogen) atoms. The van der Waals surface area contributed by atoms with Crippen LogP contribution in [0.1, 0.15) is 13.8 Å². The van der Waals surface area contributed by atoms with E-state index in [2.05, 4.69) is 5.32 Å². The Kier molecular flexibility index (Phi) is 9.05. The Hall–Kier alpha value is 1.02. The van der Waals surface area contributed by atoms with Crippen molar-refractivity contribution in [1.82, 2.24) is 5.32 Å². The van der Waals surface area contributed by atoms with Crippen LogP contribution in [0.5, 0.6) is 0 Å². The van der Waals surface area contributed by atoms with Crippen molar-refractivity contribution < 1.29 is 37.8 Å². The minimum Gasteiger partial charge on any atom is -0.378 e. The summed E-state index contributed by atoms with van der Waals surface area (Å²) in [6.45, 7) is 3.92. The van der Waals surface area contributed by atoms with Gasteiger partial charge in [0.05, 0.1) is 0 Å². The molecule has 0 spiro atoms. The van der Waals surface area contributed by atoms with Crippen LogP contribution in [0.4, 0.5) is 0 Å². The van der Waals surface area contributed by atoms with Gasteiger partial charge in [-0.05, 0) is 13.0 Å². The molecule has 0 fully saturated rings. The summed E-state index contributed by atoms with van der Waals surface area (Å²) < 4.78 is 0. The molecule has 0 aromatic carbocycles. The minimum atomic E-state index is -0.347. The Morgan fingerprint density at radius 2 is 1.75 bits per heavy atom. The summed E-state index contributed by atoms with van der Waals surface area (Å²) in [6, 6.07) is 0. The summed E-state index contributed by atoms with van der Waals surface area (Å²) in [7, 11) is 1.74. The summed E-state index contributed by atoms with van der Waals surface area (Å²) in [4.78, 5) is 0. The van der Waals surface area contributed by atoms with Crippen molar-refractivity contribution >= 4 is 0 Å². The van der Waals surface area contributed by atoms with E-state index in [9.17, 15) is 0 Å². The van der Waals surface area contributed by atoms with Gasteiger partial charge in [-0.2, -0.15) is 0 Å². The normalized spacial score (nSPS) is 13.1. The van der Waals surface area contributed by atoms with E-state index in [1.807, 2.05) is 13.8 Å². The average Bonchev–Trinajstić information content (AvgIpc) is 1.65. The van der Waals surface area contributed by atoms with E-state index in [1.54, 1.807) is 7.05 Å². The van der Waals surface area contributed by atoms with Gasteiger partial charge in [0.25, 0.3) is 0 Å². The van der Waals surface area contributed by atoms with Gasteiger partial charge in [0.15, 0.2) is 0 Å². The Morgan fingerprint density at radius 1 is 1.38 bits per heavy atom. The molecule has 3 heteroatoms. The molecule has 0 rings (SSSR count). The second kappa shape index (κ2) is 6.15. The molecule has 0 aromatic heterocycles. The first-order valence-electron chi connectivity index (χ1n) is 2.53. The van der Waals surface area contributed by atoms with Crippen LogP contribution in [0.3, 0.4) is 0 Å². The van der Waals surface area contributed by atoms with Crippen LogP contribution in [-0.2, 0) is 32.7 Å². The summed E-state index contributed by atoms with van der Waals surface area (Å²) in [5, 5.41) is 11.5. The topological polar surface area (TPSA) is 32.3 Å². The summed E-state index contributed by atoms with van der Waals surface area (Å²) in [5.74, 6) is 0.310. The number of nitrogens with one attached hydrogen (secondary N) is 1. The van der Waals surface area contributed by atoms with Gasteiger partial charge in [-0.1, -0.05) is 13.8 Å². The first-order chi connectivity index (χ1) is 3.18.